The van der Waals surface area contributed by atoms with Gasteiger partial charge in [-0.1, -0.05) is 55.3 Å². The number of aliphatic hydroxyl groups is 1. The lowest BCUT2D eigenvalue weighted by Crippen LogP contribution is -2.31. The molecule has 0 radical (unpaired) electrons. The third-order valence-corrected chi connectivity index (χ3v) is 7.02. The molecule has 0 aliphatic carbocycles. The van der Waals surface area contributed by atoms with Gasteiger partial charge in [0.1, 0.15) is 0 Å². The summed E-state index contributed by atoms with van der Waals surface area (Å²) in [7, 11) is 0. The highest BCUT2D eigenvalue weighted by molar-refractivity contribution is 7.99. The van der Waals surface area contributed by atoms with Crippen molar-refractivity contribution in [1.29, 1.82) is 0 Å². The maximum Gasteiger partial charge on any atom is 0.243 e. The van der Waals surface area contributed by atoms with Crippen LogP contribution in [0.4, 0.5) is 5.69 Å². The summed E-state index contributed by atoms with van der Waals surface area (Å²) in [6, 6.07) is 17.7. The second-order valence-corrected chi connectivity index (χ2v) is 9.93. The molecule has 196 valence electrons. The third kappa shape index (κ3) is 9.55. The van der Waals surface area contributed by atoms with Crippen LogP contribution >= 0.6 is 11.8 Å². The molecule has 0 spiro atoms. The average molecular weight is 517 g/mol. The van der Waals surface area contributed by atoms with E-state index in [1.165, 1.54) is 0 Å². The molecule has 3 unspecified atom stereocenters. The van der Waals surface area contributed by atoms with Crippen molar-refractivity contribution in [3.63, 3.8) is 0 Å². The van der Waals surface area contributed by atoms with Crippen LogP contribution in [0.15, 0.2) is 54.6 Å². The fraction of sp³-hybridized carbons (Fsp3) is 0.481. The minimum absolute atomic E-state index is 0.00269. The van der Waals surface area contributed by atoms with Crippen LogP contribution in [0.25, 0.3) is 0 Å². The zero-order valence-corrected chi connectivity index (χ0v) is 21.3. The van der Waals surface area contributed by atoms with Gasteiger partial charge < -0.3 is 19.9 Å². The Hall–Kier alpha value is -2.43. The van der Waals surface area contributed by atoms with Gasteiger partial charge in [-0.15, -0.1) is 0 Å². The van der Waals surface area contributed by atoms with Gasteiger partial charge in [-0.05, 0) is 30.5 Å². The molecule has 2 aromatic carbocycles. The Bertz CT molecular complexity index is 928. The van der Waals surface area contributed by atoms with E-state index in [9.17, 15) is 9.59 Å². The molecule has 2 aromatic rings. The second kappa shape index (κ2) is 15.6. The molecule has 0 bridgehead atoms. The highest BCUT2D eigenvalue weighted by Crippen LogP contribution is 2.38. The third-order valence-electron chi connectivity index (χ3n) is 5.94. The quantitative estimate of drug-likeness (QED) is 0.163. The summed E-state index contributed by atoms with van der Waals surface area (Å²) in [5.74, 6) is 1.03. The number of benzene rings is 2. The van der Waals surface area contributed by atoms with E-state index in [4.69, 9.17) is 19.8 Å². The van der Waals surface area contributed by atoms with E-state index < -0.39 is 6.29 Å². The summed E-state index contributed by atoms with van der Waals surface area (Å²) in [5.41, 5.74) is 4.34. The number of carbonyl (C=O) groups excluding carboxylic acids is 2. The number of rotatable bonds is 14. The van der Waals surface area contributed by atoms with E-state index in [0.717, 1.165) is 42.6 Å². The standard InChI is InChI=1S/C27H36N2O6S/c30-16-17-36-19-23-18-24(20-8-4-3-5-9-20)35-27(34-23)21-12-14-22(15-13-21)28-25(31)10-6-1-2-7-11-26(32)29-33/h3-5,8-9,12-15,23-24,27,30,33H,1-2,6-7,10-11,16-19H2,(H,28,31)(H,29,32). The van der Waals surface area contributed by atoms with Gasteiger partial charge in [0.25, 0.3) is 0 Å². The van der Waals surface area contributed by atoms with E-state index >= 15 is 0 Å². The van der Waals surface area contributed by atoms with Gasteiger partial charge in [-0.3, -0.25) is 14.8 Å². The topological polar surface area (TPSA) is 117 Å². The number of ether oxygens (including phenoxy) is 2. The molecule has 0 saturated carbocycles. The number of hydroxylamine groups is 1. The van der Waals surface area contributed by atoms with Crippen molar-refractivity contribution in [3.05, 3.63) is 65.7 Å². The molecule has 1 saturated heterocycles. The molecule has 1 aliphatic rings. The second-order valence-electron chi connectivity index (χ2n) is 8.78. The predicted molar refractivity (Wildman–Crippen MR) is 140 cm³/mol. The van der Waals surface area contributed by atoms with E-state index in [0.29, 0.717) is 24.3 Å². The lowest BCUT2D eigenvalue weighted by atomic mass is 10.0. The molecule has 36 heavy (non-hydrogen) atoms. The fourth-order valence-electron chi connectivity index (χ4n) is 4.06. The van der Waals surface area contributed by atoms with Crippen LogP contribution in [0.5, 0.6) is 0 Å². The maximum atomic E-state index is 12.3. The lowest BCUT2D eigenvalue weighted by Gasteiger charge is -2.36. The van der Waals surface area contributed by atoms with Crippen molar-refractivity contribution in [2.45, 2.75) is 63.4 Å². The number of amides is 2. The van der Waals surface area contributed by atoms with Crippen molar-refractivity contribution < 1.29 is 29.4 Å². The first-order valence-electron chi connectivity index (χ1n) is 12.5. The Morgan fingerprint density at radius 2 is 1.58 bits per heavy atom. The number of thioether (sulfide) groups is 1. The van der Waals surface area contributed by atoms with Crippen molar-refractivity contribution in [2.75, 3.05) is 23.4 Å². The smallest absolute Gasteiger partial charge is 0.243 e. The van der Waals surface area contributed by atoms with E-state index in [1.54, 1.807) is 17.2 Å². The minimum atomic E-state index is -0.513. The Labute approximate surface area is 216 Å². The summed E-state index contributed by atoms with van der Waals surface area (Å²) < 4.78 is 12.6. The molecule has 1 aliphatic heterocycles. The molecule has 2 amide bonds. The number of nitrogens with one attached hydrogen (secondary N) is 2. The van der Waals surface area contributed by atoms with Crippen molar-refractivity contribution in [1.82, 2.24) is 5.48 Å². The molecular weight excluding hydrogens is 480 g/mol. The first kappa shape index (κ1) is 28.1. The highest BCUT2D eigenvalue weighted by atomic mass is 32.2. The molecule has 0 aromatic heterocycles. The number of hydrogen-bond acceptors (Lipinski definition) is 7. The summed E-state index contributed by atoms with van der Waals surface area (Å²) in [4.78, 5) is 23.3. The maximum absolute atomic E-state index is 12.3. The molecule has 8 nitrogen and oxygen atoms in total. The largest absolute Gasteiger partial charge is 0.396 e. The molecule has 1 heterocycles. The van der Waals surface area contributed by atoms with Crippen LogP contribution in [0.3, 0.4) is 0 Å². The lowest BCUT2D eigenvalue weighted by molar-refractivity contribution is -0.245. The van der Waals surface area contributed by atoms with Crippen LogP contribution in [0.1, 0.15) is 68.5 Å². The van der Waals surface area contributed by atoms with Gasteiger partial charge in [0.15, 0.2) is 6.29 Å². The van der Waals surface area contributed by atoms with Crippen molar-refractivity contribution >= 4 is 29.3 Å². The highest BCUT2D eigenvalue weighted by Gasteiger charge is 2.32. The van der Waals surface area contributed by atoms with E-state index in [2.05, 4.69) is 17.4 Å². The zero-order valence-electron chi connectivity index (χ0n) is 20.4. The predicted octanol–water partition coefficient (Wildman–Crippen LogP) is 4.74. The number of hydrogen-bond donors (Lipinski definition) is 4. The van der Waals surface area contributed by atoms with Gasteiger partial charge in [0.2, 0.25) is 11.8 Å². The van der Waals surface area contributed by atoms with Crippen molar-refractivity contribution in [3.8, 4) is 0 Å². The van der Waals surface area contributed by atoms with Gasteiger partial charge >= 0.3 is 0 Å². The average Bonchev–Trinajstić information content (AvgIpc) is 2.91. The molecule has 9 heteroatoms. The summed E-state index contributed by atoms with van der Waals surface area (Å²) in [6.07, 6.45) is 3.97. The molecule has 1 fully saturated rings. The SMILES string of the molecule is O=C(CCCCCCC(=O)Nc1ccc(C2OC(CSCCO)CC(c3ccccc3)O2)cc1)NO. The first-order valence-corrected chi connectivity index (χ1v) is 13.6. The van der Waals surface area contributed by atoms with E-state index in [-0.39, 0.29) is 37.0 Å². The Kier molecular flexibility index (Phi) is 12.2. The monoisotopic (exact) mass is 516 g/mol. The van der Waals surface area contributed by atoms with Crippen molar-refractivity contribution in [2.24, 2.45) is 0 Å². The normalized spacial score (nSPS) is 19.6. The fourth-order valence-corrected chi connectivity index (χ4v) is 4.83. The van der Waals surface area contributed by atoms with Gasteiger partial charge in [-0.25, -0.2) is 5.48 Å². The minimum Gasteiger partial charge on any atom is -0.396 e. The Balaban J connectivity index is 1.50. The number of aliphatic hydroxyl groups excluding tert-OH is 1. The number of unbranched alkanes of at least 4 members (excludes halogenated alkanes) is 3. The van der Waals surface area contributed by atoms with Crippen LogP contribution < -0.4 is 10.8 Å². The van der Waals surface area contributed by atoms with Gasteiger partial charge in [0.05, 0.1) is 18.8 Å². The van der Waals surface area contributed by atoms with Crippen LogP contribution in [0.2, 0.25) is 0 Å². The summed E-state index contributed by atoms with van der Waals surface area (Å²) in [5, 5.41) is 20.5. The number of anilines is 1. The van der Waals surface area contributed by atoms with Gasteiger partial charge in [0, 0.05) is 42.0 Å². The Morgan fingerprint density at radius 3 is 2.25 bits per heavy atom. The van der Waals surface area contributed by atoms with E-state index in [1.807, 2.05) is 42.5 Å². The molecule has 3 rings (SSSR count). The summed E-state index contributed by atoms with van der Waals surface area (Å²) in [6.45, 7) is 0.149. The van der Waals surface area contributed by atoms with Crippen LogP contribution in [0, 0.1) is 0 Å². The zero-order chi connectivity index (χ0) is 25.6. The van der Waals surface area contributed by atoms with Crippen LogP contribution in [-0.2, 0) is 19.1 Å². The first-order chi connectivity index (χ1) is 17.6. The molecule has 4 N–H and O–H groups in total. The Morgan fingerprint density at radius 1 is 0.889 bits per heavy atom. The number of carbonyl (C=O) groups is 2. The summed E-state index contributed by atoms with van der Waals surface area (Å²) >= 11 is 1.67. The van der Waals surface area contributed by atoms with Gasteiger partial charge in [-0.2, -0.15) is 11.8 Å². The van der Waals surface area contributed by atoms with Crippen LogP contribution in [-0.4, -0.2) is 46.3 Å². The molecule has 3 atom stereocenters. The molecular formula is C27H36N2O6S.